The van der Waals surface area contributed by atoms with Crippen molar-refractivity contribution in [1.82, 2.24) is 5.32 Å². The SMILES string of the molecule is O=C(CCc1ccc(F)c(F)c1)NCCCOC1CCCC1. The van der Waals surface area contributed by atoms with E-state index in [0.29, 0.717) is 31.2 Å². The van der Waals surface area contributed by atoms with Gasteiger partial charge in [0.25, 0.3) is 0 Å². The molecule has 1 aliphatic carbocycles. The van der Waals surface area contributed by atoms with Gasteiger partial charge in [-0.25, -0.2) is 8.78 Å². The quantitative estimate of drug-likeness (QED) is 0.748. The molecule has 22 heavy (non-hydrogen) atoms. The van der Waals surface area contributed by atoms with Crippen LogP contribution in [0, 0.1) is 11.6 Å². The number of nitrogens with one attached hydrogen (secondary N) is 1. The molecular weight excluding hydrogens is 288 g/mol. The van der Waals surface area contributed by atoms with Gasteiger partial charge in [-0.15, -0.1) is 0 Å². The Balaban J connectivity index is 1.54. The Morgan fingerprint density at radius 2 is 2.00 bits per heavy atom. The third-order valence-electron chi connectivity index (χ3n) is 3.92. The third kappa shape index (κ3) is 5.72. The Morgan fingerprint density at radius 3 is 2.73 bits per heavy atom. The number of hydrogen-bond donors (Lipinski definition) is 1. The average molecular weight is 311 g/mol. The third-order valence-corrected chi connectivity index (χ3v) is 3.92. The molecule has 122 valence electrons. The van der Waals surface area contributed by atoms with Crippen LogP contribution in [0.15, 0.2) is 18.2 Å². The number of hydrogen-bond acceptors (Lipinski definition) is 2. The zero-order valence-electron chi connectivity index (χ0n) is 12.7. The molecule has 0 aromatic heterocycles. The summed E-state index contributed by atoms with van der Waals surface area (Å²) in [6.07, 6.45) is 6.70. The molecule has 0 heterocycles. The van der Waals surface area contributed by atoms with Gasteiger partial charge in [-0.3, -0.25) is 4.79 Å². The van der Waals surface area contributed by atoms with Crippen molar-refractivity contribution < 1.29 is 18.3 Å². The molecule has 0 radical (unpaired) electrons. The summed E-state index contributed by atoms with van der Waals surface area (Å²) in [7, 11) is 0. The highest BCUT2D eigenvalue weighted by atomic mass is 19.2. The van der Waals surface area contributed by atoms with Gasteiger partial charge in [-0.05, 0) is 43.4 Å². The molecule has 1 aromatic carbocycles. The molecule has 1 fully saturated rings. The van der Waals surface area contributed by atoms with Gasteiger partial charge in [-0.1, -0.05) is 18.9 Å². The van der Waals surface area contributed by atoms with Gasteiger partial charge in [0.1, 0.15) is 0 Å². The number of carbonyl (C=O) groups excluding carboxylic acids is 1. The molecule has 5 heteroatoms. The van der Waals surface area contributed by atoms with E-state index in [1.807, 2.05) is 0 Å². The molecule has 0 unspecified atom stereocenters. The summed E-state index contributed by atoms with van der Waals surface area (Å²) in [4.78, 5) is 11.7. The molecule has 1 N–H and O–H groups in total. The van der Waals surface area contributed by atoms with Crippen LogP contribution >= 0.6 is 0 Å². The predicted octanol–water partition coefficient (Wildman–Crippen LogP) is 3.36. The van der Waals surface area contributed by atoms with E-state index in [0.717, 1.165) is 31.4 Å². The first-order valence-electron chi connectivity index (χ1n) is 7.97. The summed E-state index contributed by atoms with van der Waals surface area (Å²) in [5.74, 6) is -1.82. The topological polar surface area (TPSA) is 38.3 Å². The number of benzene rings is 1. The van der Waals surface area contributed by atoms with Crippen LogP contribution in [0.3, 0.4) is 0 Å². The van der Waals surface area contributed by atoms with Gasteiger partial charge < -0.3 is 10.1 Å². The van der Waals surface area contributed by atoms with Crippen LogP contribution in [-0.4, -0.2) is 25.2 Å². The Labute approximate surface area is 130 Å². The maximum absolute atomic E-state index is 13.0. The molecule has 0 spiro atoms. The summed E-state index contributed by atoms with van der Waals surface area (Å²) in [6.45, 7) is 1.26. The van der Waals surface area contributed by atoms with Crippen LogP contribution in [0.2, 0.25) is 0 Å². The zero-order valence-corrected chi connectivity index (χ0v) is 12.7. The van der Waals surface area contributed by atoms with E-state index in [-0.39, 0.29) is 12.3 Å². The zero-order chi connectivity index (χ0) is 15.8. The van der Waals surface area contributed by atoms with Crippen LogP contribution < -0.4 is 5.32 Å². The monoisotopic (exact) mass is 311 g/mol. The molecule has 0 aliphatic heterocycles. The van der Waals surface area contributed by atoms with Crippen molar-refractivity contribution in [1.29, 1.82) is 0 Å². The highest BCUT2D eigenvalue weighted by Gasteiger charge is 2.14. The van der Waals surface area contributed by atoms with E-state index in [2.05, 4.69) is 5.32 Å². The van der Waals surface area contributed by atoms with Gasteiger partial charge >= 0.3 is 0 Å². The molecule has 0 bridgehead atoms. The van der Waals surface area contributed by atoms with Crippen LogP contribution in [0.1, 0.15) is 44.1 Å². The van der Waals surface area contributed by atoms with Gasteiger partial charge in [0, 0.05) is 19.6 Å². The first-order valence-corrected chi connectivity index (χ1v) is 7.97. The predicted molar refractivity (Wildman–Crippen MR) is 80.5 cm³/mol. The Kier molecular flexibility index (Phi) is 6.77. The summed E-state index contributed by atoms with van der Waals surface area (Å²) >= 11 is 0. The fraction of sp³-hybridized carbons (Fsp3) is 0.588. The number of rotatable bonds is 8. The number of amides is 1. The molecule has 1 amide bonds. The Hall–Kier alpha value is -1.49. The van der Waals surface area contributed by atoms with E-state index in [4.69, 9.17) is 4.74 Å². The van der Waals surface area contributed by atoms with E-state index in [9.17, 15) is 13.6 Å². The van der Waals surface area contributed by atoms with E-state index in [1.165, 1.54) is 18.9 Å². The van der Waals surface area contributed by atoms with Crippen LogP contribution in [0.25, 0.3) is 0 Å². The van der Waals surface area contributed by atoms with E-state index in [1.54, 1.807) is 0 Å². The maximum atomic E-state index is 13.0. The molecule has 3 nitrogen and oxygen atoms in total. The van der Waals surface area contributed by atoms with Crippen molar-refractivity contribution in [3.8, 4) is 0 Å². The molecule has 2 rings (SSSR count). The second kappa shape index (κ2) is 8.83. The standard InChI is InChI=1S/C17H23F2NO2/c18-15-8-6-13(12-16(15)19)7-9-17(21)20-10-3-11-22-14-4-1-2-5-14/h6,8,12,14H,1-5,7,9-11H2,(H,20,21). The molecule has 1 aliphatic rings. The first-order chi connectivity index (χ1) is 10.6. The van der Waals surface area contributed by atoms with Crippen LogP contribution in [-0.2, 0) is 16.0 Å². The second-order valence-corrected chi connectivity index (χ2v) is 5.73. The minimum absolute atomic E-state index is 0.0781. The second-order valence-electron chi connectivity index (χ2n) is 5.73. The van der Waals surface area contributed by atoms with Crippen molar-refractivity contribution in [2.24, 2.45) is 0 Å². The van der Waals surface area contributed by atoms with E-state index < -0.39 is 11.6 Å². The molecular formula is C17H23F2NO2. The van der Waals surface area contributed by atoms with Crippen molar-refractivity contribution in [2.45, 2.75) is 51.0 Å². The summed E-state index contributed by atoms with van der Waals surface area (Å²) in [5, 5.41) is 2.82. The highest BCUT2D eigenvalue weighted by Crippen LogP contribution is 2.20. The van der Waals surface area contributed by atoms with E-state index >= 15 is 0 Å². The fourth-order valence-corrected chi connectivity index (χ4v) is 2.65. The van der Waals surface area contributed by atoms with Crippen molar-refractivity contribution in [2.75, 3.05) is 13.2 Å². The first kappa shape index (κ1) is 16.9. The van der Waals surface area contributed by atoms with Crippen molar-refractivity contribution in [3.63, 3.8) is 0 Å². The lowest BCUT2D eigenvalue weighted by Gasteiger charge is -2.11. The number of carbonyl (C=O) groups is 1. The van der Waals surface area contributed by atoms with Crippen LogP contribution in [0.4, 0.5) is 8.78 Å². The Bertz CT molecular complexity index is 488. The summed E-state index contributed by atoms with van der Waals surface area (Å²) in [6, 6.07) is 3.72. The molecule has 1 aromatic rings. The van der Waals surface area contributed by atoms with Gasteiger partial charge in [0.2, 0.25) is 5.91 Å². The largest absolute Gasteiger partial charge is 0.378 e. The van der Waals surface area contributed by atoms with Gasteiger partial charge in [-0.2, -0.15) is 0 Å². The summed E-state index contributed by atoms with van der Waals surface area (Å²) < 4.78 is 31.5. The van der Waals surface area contributed by atoms with Gasteiger partial charge in [0.05, 0.1) is 6.10 Å². The van der Waals surface area contributed by atoms with Crippen LogP contribution in [0.5, 0.6) is 0 Å². The number of aryl methyl sites for hydroxylation is 1. The summed E-state index contributed by atoms with van der Waals surface area (Å²) in [5.41, 5.74) is 0.624. The number of ether oxygens (including phenoxy) is 1. The smallest absolute Gasteiger partial charge is 0.220 e. The van der Waals surface area contributed by atoms with Crippen molar-refractivity contribution in [3.05, 3.63) is 35.4 Å². The lowest BCUT2D eigenvalue weighted by Crippen LogP contribution is -2.25. The minimum atomic E-state index is -0.873. The Morgan fingerprint density at radius 1 is 1.23 bits per heavy atom. The lowest BCUT2D eigenvalue weighted by atomic mass is 10.1. The average Bonchev–Trinajstić information content (AvgIpc) is 3.01. The molecule has 1 saturated carbocycles. The lowest BCUT2D eigenvalue weighted by molar-refractivity contribution is -0.121. The molecule has 0 atom stereocenters. The van der Waals surface area contributed by atoms with Gasteiger partial charge in [0.15, 0.2) is 11.6 Å². The highest BCUT2D eigenvalue weighted by molar-refractivity contribution is 5.76. The molecule has 0 saturated heterocycles. The normalized spacial score (nSPS) is 15.2. The number of halogens is 2. The minimum Gasteiger partial charge on any atom is -0.378 e. The fourth-order valence-electron chi connectivity index (χ4n) is 2.65. The maximum Gasteiger partial charge on any atom is 0.220 e. The van der Waals surface area contributed by atoms with Crippen molar-refractivity contribution >= 4 is 5.91 Å².